The summed E-state index contributed by atoms with van der Waals surface area (Å²) in [6.07, 6.45) is 0. The summed E-state index contributed by atoms with van der Waals surface area (Å²) in [4.78, 5) is 11.3. The van der Waals surface area contributed by atoms with Crippen molar-refractivity contribution in [3.05, 3.63) is 11.1 Å². The zero-order valence-electron chi connectivity index (χ0n) is 7.57. The Balaban J connectivity index is 2.40. The highest BCUT2D eigenvalue weighted by atomic mass is 32.1. The number of nitrogens with one attached hydrogen (secondary N) is 1. The fourth-order valence-corrected chi connectivity index (χ4v) is 1.11. The molecule has 0 atom stereocenters. The van der Waals surface area contributed by atoms with E-state index in [-0.39, 0.29) is 5.91 Å². The minimum Gasteiger partial charge on any atom is -0.349 e. The van der Waals surface area contributed by atoms with Gasteiger partial charge in [0.25, 0.3) is 0 Å². The number of carbonyl (C=O) groups is 1. The van der Waals surface area contributed by atoms with E-state index in [4.69, 9.17) is 5.73 Å². The maximum atomic E-state index is 11.3. The smallest absolute Gasteiger partial charge is 0.239 e. The maximum absolute atomic E-state index is 11.3. The molecule has 0 saturated heterocycles. The van der Waals surface area contributed by atoms with Crippen molar-refractivity contribution in [1.82, 2.24) is 14.9 Å². The van der Waals surface area contributed by atoms with Crippen LogP contribution in [0.2, 0.25) is 0 Å². The Morgan fingerprint density at radius 3 is 2.92 bits per heavy atom. The Kier molecular flexibility index (Phi) is 2.94. The van der Waals surface area contributed by atoms with E-state index in [1.54, 1.807) is 19.2 Å². The van der Waals surface area contributed by atoms with Gasteiger partial charge in [-0.1, -0.05) is 4.49 Å². The molecule has 5 nitrogen and oxygen atoms in total. The zero-order valence-corrected chi connectivity index (χ0v) is 8.39. The second-order valence-corrected chi connectivity index (χ2v) is 3.91. The molecule has 0 fully saturated rings. The van der Waals surface area contributed by atoms with E-state index in [2.05, 4.69) is 14.9 Å². The minimum atomic E-state index is -0.844. The first kappa shape index (κ1) is 10.1. The second-order valence-electron chi connectivity index (χ2n) is 3.30. The molecule has 0 unspecified atom stereocenters. The summed E-state index contributed by atoms with van der Waals surface area (Å²) in [7, 11) is 0. The molecule has 0 spiro atoms. The van der Waals surface area contributed by atoms with Crippen LogP contribution >= 0.6 is 11.5 Å². The van der Waals surface area contributed by atoms with Crippen LogP contribution in [0.15, 0.2) is 5.38 Å². The Bertz CT molecular complexity index is 277. The van der Waals surface area contributed by atoms with Crippen molar-refractivity contribution in [2.24, 2.45) is 5.73 Å². The molecule has 13 heavy (non-hydrogen) atoms. The lowest BCUT2D eigenvalue weighted by Crippen LogP contribution is -2.48. The number of hydrogen-bond donors (Lipinski definition) is 2. The molecular formula is C7H12N4OS. The molecule has 0 saturated carbocycles. The molecule has 0 bridgehead atoms. The maximum Gasteiger partial charge on any atom is 0.239 e. The summed E-state index contributed by atoms with van der Waals surface area (Å²) in [6.45, 7) is 3.69. The Labute approximate surface area is 80.5 Å². The lowest BCUT2D eigenvalue weighted by Gasteiger charge is -2.16. The van der Waals surface area contributed by atoms with Crippen molar-refractivity contribution < 1.29 is 4.79 Å². The van der Waals surface area contributed by atoms with Crippen molar-refractivity contribution in [2.45, 2.75) is 25.9 Å². The van der Waals surface area contributed by atoms with Gasteiger partial charge in [-0.15, -0.1) is 5.10 Å². The first-order valence-corrected chi connectivity index (χ1v) is 4.67. The lowest BCUT2D eigenvalue weighted by atomic mass is 10.1. The number of nitrogens with zero attached hydrogens (tertiary/aromatic N) is 2. The van der Waals surface area contributed by atoms with E-state index in [9.17, 15) is 4.79 Å². The third-order valence-electron chi connectivity index (χ3n) is 1.42. The van der Waals surface area contributed by atoms with Gasteiger partial charge in [0.2, 0.25) is 5.91 Å². The Morgan fingerprint density at radius 2 is 2.46 bits per heavy atom. The van der Waals surface area contributed by atoms with Gasteiger partial charge in [0.15, 0.2) is 0 Å². The normalized spacial score (nSPS) is 11.3. The largest absolute Gasteiger partial charge is 0.349 e. The van der Waals surface area contributed by atoms with Crippen molar-refractivity contribution in [1.29, 1.82) is 0 Å². The Morgan fingerprint density at radius 1 is 1.77 bits per heavy atom. The van der Waals surface area contributed by atoms with Gasteiger partial charge in [-0.25, -0.2) is 0 Å². The number of rotatable bonds is 3. The fraction of sp³-hybridized carbons (Fsp3) is 0.571. The van der Waals surface area contributed by atoms with Crippen LogP contribution in [0, 0.1) is 0 Å². The molecular weight excluding hydrogens is 188 g/mol. The van der Waals surface area contributed by atoms with Crippen LogP contribution in [0.5, 0.6) is 0 Å². The SMILES string of the molecule is CC(C)(N)C(=O)NCc1csnn1. The summed E-state index contributed by atoms with van der Waals surface area (Å²) in [5, 5.41) is 8.23. The average Bonchev–Trinajstić information content (AvgIpc) is 2.50. The molecule has 1 aromatic heterocycles. The first-order valence-electron chi connectivity index (χ1n) is 3.83. The molecule has 0 aromatic carbocycles. The summed E-state index contributed by atoms with van der Waals surface area (Å²) in [5.74, 6) is -0.194. The van der Waals surface area contributed by atoms with Crippen LogP contribution in [0.4, 0.5) is 0 Å². The topological polar surface area (TPSA) is 80.9 Å². The van der Waals surface area contributed by atoms with E-state index in [1.165, 1.54) is 11.5 Å². The fourth-order valence-electron chi connectivity index (χ4n) is 0.660. The third-order valence-corrected chi connectivity index (χ3v) is 1.97. The molecule has 6 heteroatoms. The molecule has 1 aromatic rings. The molecule has 72 valence electrons. The zero-order chi connectivity index (χ0) is 9.90. The Hall–Kier alpha value is -1.01. The predicted molar refractivity (Wildman–Crippen MR) is 50.0 cm³/mol. The molecule has 3 N–H and O–H groups in total. The van der Waals surface area contributed by atoms with Crippen LogP contribution in [0.3, 0.4) is 0 Å². The number of hydrogen-bond acceptors (Lipinski definition) is 5. The molecule has 0 aliphatic heterocycles. The number of nitrogens with two attached hydrogens (primary N) is 1. The number of aromatic nitrogens is 2. The van der Waals surface area contributed by atoms with Gasteiger partial charge in [0.1, 0.15) is 0 Å². The van der Waals surface area contributed by atoms with Crippen LogP contribution in [0.1, 0.15) is 19.5 Å². The quantitative estimate of drug-likeness (QED) is 0.713. The number of amides is 1. The predicted octanol–water partition coefficient (Wildman–Crippen LogP) is -0.108. The van der Waals surface area contributed by atoms with Gasteiger partial charge in [0, 0.05) is 5.38 Å². The van der Waals surface area contributed by atoms with E-state index >= 15 is 0 Å². The summed E-state index contributed by atoms with van der Waals surface area (Å²) in [6, 6.07) is 0. The van der Waals surface area contributed by atoms with E-state index < -0.39 is 5.54 Å². The molecule has 1 heterocycles. The van der Waals surface area contributed by atoms with Crippen molar-refractivity contribution >= 4 is 17.4 Å². The van der Waals surface area contributed by atoms with Gasteiger partial charge in [0.05, 0.1) is 17.8 Å². The second kappa shape index (κ2) is 3.80. The van der Waals surface area contributed by atoms with E-state index in [0.717, 1.165) is 5.69 Å². The van der Waals surface area contributed by atoms with Gasteiger partial charge in [-0.05, 0) is 25.4 Å². The monoisotopic (exact) mass is 200 g/mol. The summed E-state index contributed by atoms with van der Waals surface area (Å²) < 4.78 is 3.67. The highest BCUT2D eigenvalue weighted by Crippen LogP contribution is 1.99. The van der Waals surface area contributed by atoms with Gasteiger partial charge in [-0.2, -0.15) is 0 Å². The average molecular weight is 200 g/mol. The van der Waals surface area contributed by atoms with Gasteiger partial charge >= 0.3 is 0 Å². The lowest BCUT2D eigenvalue weighted by molar-refractivity contribution is -0.125. The number of carbonyl (C=O) groups excluding carboxylic acids is 1. The summed E-state index contributed by atoms with van der Waals surface area (Å²) >= 11 is 1.26. The first-order chi connectivity index (χ1) is 6.00. The molecule has 0 radical (unpaired) electrons. The van der Waals surface area contributed by atoms with E-state index in [0.29, 0.717) is 6.54 Å². The van der Waals surface area contributed by atoms with Crippen molar-refractivity contribution in [3.63, 3.8) is 0 Å². The van der Waals surface area contributed by atoms with Crippen molar-refractivity contribution in [3.8, 4) is 0 Å². The molecule has 1 rings (SSSR count). The highest BCUT2D eigenvalue weighted by molar-refractivity contribution is 7.03. The van der Waals surface area contributed by atoms with Crippen molar-refractivity contribution in [2.75, 3.05) is 0 Å². The summed E-state index contributed by atoms with van der Waals surface area (Å²) in [5.41, 5.74) is 5.48. The van der Waals surface area contributed by atoms with Crippen LogP contribution in [-0.4, -0.2) is 21.0 Å². The van der Waals surface area contributed by atoms with Crippen LogP contribution < -0.4 is 11.1 Å². The van der Waals surface area contributed by atoms with Gasteiger partial charge < -0.3 is 11.1 Å². The van der Waals surface area contributed by atoms with Gasteiger partial charge in [-0.3, -0.25) is 4.79 Å². The van der Waals surface area contributed by atoms with E-state index in [1.807, 2.05) is 0 Å². The molecule has 0 aliphatic rings. The molecule has 1 amide bonds. The highest BCUT2D eigenvalue weighted by Gasteiger charge is 2.21. The van der Waals surface area contributed by atoms with Crippen LogP contribution in [0.25, 0.3) is 0 Å². The standard InChI is InChI=1S/C7H12N4OS/c1-7(2,8)6(12)9-3-5-4-13-11-10-5/h4H,3,8H2,1-2H3,(H,9,12). The third kappa shape index (κ3) is 3.08. The minimum absolute atomic E-state index is 0.194. The molecule has 0 aliphatic carbocycles. The van der Waals surface area contributed by atoms with Crippen LogP contribution in [-0.2, 0) is 11.3 Å².